The van der Waals surface area contributed by atoms with Gasteiger partial charge in [-0.2, -0.15) is 0 Å². The first kappa shape index (κ1) is 15.8. The molecule has 0 unspecified atom stereocenters. The highest BCUT2D eigenvalue weighted by atomic mass is 35.5. The number of rotatable bonds is 5. The van der Waals surface area contributed by atoms with E-state index in [0.29, 0.717) is 0 Å². The van der Waals surface area contributed by atoms with Crippen LogP contribution in [0.2, 0.25) is 5.02 Å². The number of carbonyl (C=O) groups is 1. The number of esters is 1. The smallest absolute Gasteiger partial charge is 0.340 e. The van der Waals surface area contributed by atoms with Crippen molar-refractivity contribution in [2.45, 2.75) is 19.1 Å². The van der Waals surface area contributed by atoms with Gasteiger partial charge in [0.15, 0.2) is 9.84 Å². The van der Waals surface area contributed by atoms with Crippen LogP contribution in [0, 0.1) is 0 Å². The highest BCUT2D eigenvalue weighted by Gasteiger charge is 2.18. The number of ether oxygens (including phenoxy) is 1. The molecule has 0 spiro atoms. The Morgan fingerprint density at radius 3 is 2.63 bits per heavy atom. The summed E-state index contributed by atoms with van der Waals surface area (Å²) in [5, 5.41) is -0.244. The van der Waals surface area contributed by atoms with Crippen LogP contribution in [0.25, 0.3) is 0 Å². The van der Waals surface area contributed by atoms with Crippen molar-refractivity contribution in [3.63, 3.8) is 0 Å². The summed E-state index contributed by atoms with van der Waals surface area (Å²) in [6.07, 6.45) is 0. The summed E-state index contributed by atoms with van der Waals surface area (Å²) < 4.78 is 28.0. The molecule has 0 atom stereocenters. The average Bonchev–Trinajstić information content (AvgIpc) is 2.32. The summed E-state index contributed by atoms with van der Waals surface area (Å²) in [4.78, 5) is 11.7. The molecular formula is C12H16ClNO4S. The number of nitrogen functional groups attached to an aromatic ring is 1. The van der Waals surface area contributed by atoms with Crippen LogP contribution < -0.4 is 5.73 Å². The van der Waals surface area contributed by atoms with E-state index in [1.807, 2.05) is 0 Å². The van der Waals surface area contributed by atoms with Crippen LogP contribution in [0.5, 0.6) is 0 Å². The number of benzene rings is 1. The lowest BCUT2D eigenvalue weighted by Gasteiger charge is -2.09. The fourth-order valence-corrected chi connectivity index (χ4v) is 2.24. The first-order chi connectivity index (χ1) is 8.75. The summed E-state index contributed by atoms with van der Waals surface area (Å²) in [6.45, 7) is 2.95. The third-order valence-electron chi connectivity index (χ3n) is 2.59. The lowest BCUT2D eigenvalue weighted by molar-refractivity contribution is 0.0530. The minimum atomic E-state index is -3.23. The standard InChI is InChI=1S/C12H16ClNO4S/c1-8(2)19(16,17)7-6-18-12(15)9-4-3-5-10(13)11(9)14/h3-5,8H,6-7,14H2,1-2H3. The van der Waals surface area contributed by atoms with Crippen LogP contribution in [0.4, 0.5) is 5.69 Å². The molecule has 0 aliphatic rings. The van der Waals surface area contributed by atoms with Crippen molar-refractivity contribution in [1.82, 2.24) is 0 Å². The predicted octanol–water partition coefficient (Wildman–Crippen LogP) is 1.90. The molecule has 106 valence electrons. The van der Waals surface area contributed by atoms with Crippen LogP contribution >= 0.6 is 11.6 Å². The van der Waals surface area contributed by atoms with Crippen molar-refractivity contribution < 1.29 is 17.9 Å². The molecule has 19 heavy (non-hydrogen) atoms. The Labute approximate surface area is 117 Å². The third-order valence-corrected chi connectivity index (χ3v) is 5.09. The van der Waals surface area contributed by atoms with Gasteiger partial charge in [0.25, 0.3) is 0 Å². The molecule has 1 aromatic carbocycles. The molecule has 1 aromatic rings. The quantitative estimate of drug-likeness (QED) is 0.663. The molecule has 2 N–H and O–H groups in total. The Balaban J connectivity index is 2.65. The molecule has 0 fully saturated rings. The predicted molar refractivity (Wildman–Crippen MR) is 75.1 cm³/mol. The van der Waals surface area contributed by atoms with Crippen LogP contribution in [-0.2, 0) is 14.6 Å². The summed E-state index contributed by atoms with van der Waals surface area (Å²) in [6, 6.07) is 4.59. The molecule has 0 saturated heterocycles. The van der Waals surface area contributed by atoms with E-state index in [1.165, 1.54) is 6.07 Å². The van der Waals surface area contributed by atoms with E-state index in [-0.39, 0.29) is 28.6 Å². The average molecular weight is 306 g/mol. The van der Waals surface area contributed by atoms with Gasteiger partial charge in [0.05, 0.1) is 27.3 Å². The normalized spacial score (nSPS) is 11.6. The minimum absolute atomic E-state index is 0.126. The largest absolute Gasteiger partial charge is 0.461 e. The van der Waals surface area contributed by atoms with Crippen LogP contribution in [0.3, 0.4) is 0 Å². The SMILES string of the molecule is CC(C)S(=O)(=O)CCOC(=O)c1cccc(Cl)c1N. The second-order valence-electron chi connectivity index (χ2n) is 4.25. The number of para-hydroxylation sites is 1. The van der Waals surface area contributed by atoms with E-state index < -0.39 is 21.1 Å². The molecule has 0 aliphatic heterocycles. The number of sulfone groups is 1. The van der Waals surface area contributed by atoms with Gasteiger partial charge >= 0.3 is 5.97 Å². The highest BCUT2D eigenvalue weighted by Crippen LogP contribution is 2.22. The Morgan fingerprint density at radius 1 is 1.42 bits per heavy atom. The first-order valence-electron chi connectivity index (χ1n) is 5.68. The minimum Gasteiger partial charge on any atom is -0.461 e. The molecule has 0 aromatic heterocycles. The summed E-state index contributed by atoms with van der Waals surface area (Å²) in [7, 11) is -3.23. The monoisotopic (exact) mass is 305 g/mol. The van der Waals surface area contributed by atoms with Crippen molar-refractivity contribution in [1.29, 1.82) is 0 Å². The van der Waals surface area contributed by atoms with Gasteiger partial charge in [-0.1, -0.05) is 17.7 Å². The molecular weight excluding hydrogens is 290 g/mol. The van der Waals surface area contributed by atoms with Crippen molar-refractivity contribution >= 4 is 33.1 Å². The molecule has 0 saturated carbocycles. The number of carbonyl (C=O) groups excluding carboxylic acids is 1. The second-order valence-corrected chi connectivity index (χ2v) is 7.34. The van der Waals surface area contributed by atoms with Crippen molar-refractivity contribution in [3.05, 3.63) is 28.8 Å². The van der Waals surface area contributed by atoms with E-state index >= 15 is 0 Å². The Morgan fingerprint density at radius 2 is 2.05 bits per heavy atom. The zero-order chi connectivity index (χ0) is 14.6. The summed E-state index contributed by atoms with van der Waals surface area (Å²) in [5.74, 6) is -0.893. The van der Waals surface area contributed by atoms with Gasteiger partial charge in [0, 0.05) is 0 Å². The van der Waals surface area contributed by atoms with E-state index in [0.717, 1.165) is 0 Å². The topological polar surface area (TPSA) is 86.5 Å². The first-order valence-corrected chi connectivity index (χ1v) is 7.77. The molecule has 0 aliphatic carbocycles. The fourth-order valence-electron chi connectivity index (χ4n) is 1.28. The van der Waals surface area contributed by atoms with Crippen molar-refractivity contribution in [2.24, 2.45) is 0 Å². The Kier molecular flexibility index (Phi) is 5.20. The maximum Gasteiger partial charge on any atom is 0.340 e. The number of hydrogen-bond acceptors (Lipinski definition) is 5. The van der Waals surface area contributed by atoms with Crippen molar-refractivity contribution in [2.75, 3.05) is 18.1 Å². The van der Waals surface area contributed by atoms with Gasteiger partial charge in [-0.05, 0) is 26.0 Å². The summed E-state index contributed by atoms with van der Waals surface area (Å²) in [5.41, 5.74) is 5.90. The molecule has 0 radical (unpaired) electrons. The summed E-state index contributed by atoms with van der Waals surface area (Å²) >= 11 is 5.78. The van der Waals surface area contributed by atoms with Gasteiger partial charge in [0.1, 0.15) is 6.61 Å². The van der Waals surface area contributed by atoms with E-state index in [1.54, 1.807) is 26.0 Å². The fraction of sp³-hybridized carbons (Fsp3) is 0.417. The molecule has 0 bridgehead atoms. The van der Waals surface area contributed by atoms with Gasteiger partial charge in [-0.25, -0.2) is 13.2 Å². The Hall–Kier alpha value is -1.27. The van der Waals surface area contributed by atoms with Gasteiger partial charge < -0.3 is 10.5 Å². The second kappa shape index (κ2) is 6.25. The molecule has 0 heterocycles. The highest BCUT2D eigenvalue weighted by molar-refractivity contribution is 7.91. The van der Waals surface area contributed by atoms with Crippen LogP contribution in [0.15, 0.2) is 18.2 Å². The maximum atomic E-state index is 11.7. The molecule has 0 amide bonds. The van der Waals surface area contributed by atoms with E-state index in [9.17, 15) is 13.2 Å². The number of nitrogens with two attached hydrogens (primary N) is 1. The van der Waals surface area contributed by atoms with Gasteiger partial charge in [-0.15, -0.1) is 0 Å². The van der Waals surface area contributed by atoms with Gasteiger partial charge in [-0.3, -0.25) is 0 Å². The maximum absolute atomic E-state index is 11.7. The van der Waals surface area contributed by atoms with Crippen molar-refractivity contribution in [3.8, 4) is 0 Å². The van der Waals surface area contributed by atoms with Gasteiger partial charge in [0.2, 0.25) is 0 Å². The van der Waals surface area contributed by atoms with E-state index in [2.05, 4.69) is 0 Å². The zero-order valence-corrected chi connectivity index (χ0v) is 12.3. The molecule has 1 rings (SSSR count). The third kappa shape index (κ3) is 4.11. The van der Waals surface area contributed by atoms with Crippen LogP contribution in [0.1, 0.15) is 24.2 Å². The molecule has 5 nitrogen and oxygen atoms in total. The zero-order valence-electron chi connectivity index (χ0n) is 10.7. The lowest BCUT2D eigenvalue weighted by Crippen LogP contribution is -2.22. The van der Waals surface area contributed by atoms with Crippen LogP contribution in [-0.4, -0.2) is 32.0 Å². The number of anilines is 1. The Bertz CT molecular complexity index is 569. The number of halogens is 1. The number of hydrogen-bond donors (Lipinski definition) is 1. The van der Waals surface area contributed by atoms with E-state index in [4.69, 9.17) is 22.1 Å². The molecule has 7 heteroatoms. The lowest BCUT2D eigenvalue weighted by atomic mass is 10.2.